The number of benzene rings is 6. The molecule has 0 unspecified atom stereocenters. The van der Waals surface area contributed by atoms with Crippen molar-refractivity contribution in [3.8, 4) is 22.9 Å². The Morgan fingerprint density at radius 2 is 1.18 bits per heavy atom. The van der Waals surface area contributed by atoms with Crippen LogP contribution in [0.2, 0.25) is 0 Å². The van der Waals surface area contributed by atoms with Crippen LogP contribution in [0.4, 0.5) is 0 Å². The fourth-order valence-electron chi connectivity index (χ4n) is 5.81. The van der Waals surface area contributed by atoms with E-state index >= 15 is 0 Å². The second kappa shape index (κ2) is 8.64. The minimum absolute atomic E-state index is 0.812. The van der Waals surface area contributed by atoms with Crippen molar-refractivity contribution in [3.63, 3.8) is 0 Å². The number of hydrogen-bond acceptors (Lipinski definition) is 1. The second-order valence-corrected chi connectivity index (χ2v) is 9.88. The summed E-state index contributed by atoms with van der Waals surface area (Å²) in [6.07, 6.45) is 2.16. The molecule has 0 N–H and O–H groups in total. The first kappa shape index (κ1) is 21.8. The van der Waals surface area contributed by atoms with Crippen LogP contribution < -0.4 is 4.74 Å². The number of para-hydroxylation sites is 3. The first-order valence-corrected chi connectivity index (χ1v) is 13.2. The number of ether oxygens (including phenoxy) is 1. The molecule has 0 fully saturated rings. The van der Waals surface area contributed by atoms with Crippen LogP contribution in [-0.2, 0) is 0 Å². The maximum atomic E-state index is 6.22. The summed E-state index contributed by atoms with van der Waals surface area (Å²) < 4.78 is 10.9. The van der Waals surface area contributed by atoms with Gasteiger partial charge in [-0.3, -0.25) is 0 Å². The lowest BCUT2D eigenvalue weighted by Crippen LogP contribution is -1.96. The third-order valence-electron chi connectivity index (χ3n) is 7.55. The van der Waals surface area contributed by atoms with E-state index in [2.05, 4.69) is 118 Å². The van der Waals surface area contributed by atoms with Crippen molar-refractivity contribution in [1.82, 2.24) is 9.13 Å². The van der Waals surface area contributed by atoms with Crippen LogP contribution in [0.25, 0.3) is 54.9 Å². The molecule has 3 heteroatoms. The van der Waals surface area contributed by atoms with Gasteiger partial charge in [0.2, 0.25) is 0 Å². The standard InChI is InChI=1S/C36H24N2O/c1-3-10-27(11-4-1)37-21-20-26-22-33-25(23-35(26)37)18-19-32-31-16-7-8-17-34(31)38(36(32)33)28-12-9-15-30(24-28)39-29-13-5-2-6-14-29/h1-24H. The van der Waals surface area contributed by atoms with Crippen LogP contribution in [0.15, 0.2) is 146 Å². The van der Waals surface area contributed by atoms with E-state index in [9.17, 15) is 0 Å². The Labute approximate surface area is 225 Å². The van der Waals surface area contributed by atoms with E-state index in [0.717, 1.165) is 22.9 Å². The predicted octanol–water partition coefficient (Wildman–Crippen LogP) is 9.67. The molecule has 8 aromatic rings. The van der Waals surface area contributed by atoms with Crippen molar-refractivity contribution in [3.05, 3.63) is 146 Å². The zero-order valence-corrected chi connectivity index (χ0v) is 21.2. The third kappa shape index (κ3) is 3.52. The first-order chi connectivity index (χ1) is 19.3. The molecular formula is C36H24N2O. The molecule has 184 valence electrons. The highest BCUT2D eigenvalue weighted by Gasteiger charge is 2.16. The lowest BCUT2D eigenvalue weighted by Gasteiger charge is -2.13. The molecule has 0 aliphatic heterocycles. The minimum atomic E-state index is 0.812. The fourth-order valence-corrected chi connectivity index (χ4v) is 5.81. The maximum absolute atomic E-state index is 6.22. The van der Waals surface area contributed by atoms with Gasteiger partial charge in [0.05, 0.1) is 16.6 Å². The number of fused-ring (bicyclic) bond motifs is 6. The molecule has 0 saturated heterocycles. The molecule has 2 aromatic heterocycles. The molecule has 6 aromatic carbocycles. The van der Waals surface area contributed by atoms with E-state index < -0.39 is 0 Å². The van der Waals surface area contributed by atoms with Crippen LogP contribution in [0.3, 0.4) is 0 Å². The molecule has 0 spiro atoms. The van der Waals surface area contributed by atoms with Gasteiger partial charge in [-0.05, 0) is 66.0 Å². The van der Waals surface area contributed by atoms with Gasteiger partial charge < -0.3 is 13.9 Å². The zero-order chi connectivity index (χ0) is 25.8. The Morgan fingerprint density at radius 3 is 2.05 bits per heavy atom. The zero-order valence-electron chi connectivity index (χ0n) is 21.2. The molecule has 39 heavy (non-hydrogen) atoms. The summed E-state index contributed by atoms with van der Waals surface area (Å²) in [6.45, 7) is 0. The van der Waals surface area contributed by atoms with Crippen molar-refractivity contribution < 1.29 is 4.74 Å². The van der Waals surface area contributed by atoms with Gasteiger partial charge in [-0.15, -0.1) is 0 Å². The van der Waals surface area contributed by atoms with E-state index in [1.165, 1.54) is 43.5 Å². The van der Waals surface area contributed by atoms with E-state index in [0.29, 0.717) is 0 Å². The van der Waals surface area contributed by atoms with Crippen LogP contribution in [0.5, 0.6) is 11.5 Å². The van der Waals surface area contributed by atoms with Crippen LogP contribution in [0.1, 0.15) is 0 Å². The van der Waals surface area contributed by atoms with Gasteiger partial charge in [0.25, 0.3) is 0 Å². The van der Waals surface area contributed by atoms with Crippen molar-refractivity contribution in [1.29, 1.82) is 0 Å². The molecular weight excluding hydrogens is 476 g/mol. The summed E-state index contributed by atoms with van der Waals surface area (Å²) in [5.41, 5.74) is 5.83. The molecule has 0 bridgehead atoms. The van der Waals surface area contributed by atoms with E-state index in [4.69, 9.17) is 4.74 Å². The Bertz CT molecular complexity index is 2140. The van der Waals surface area contributed by atoms with E-state index in [-0.39, 0.29) is 0 Å². The summed E-state index contributed by atoms with van der Waals surface area (Å²) in [6, 6.07) is 48.9. The molecule has 2 heterocycles. The van der Waals surface area contributed by atoms with E-state index in [1.54, 1.807) is 0 Å². The van der Waals surface area contributed by atoms with Crippen molar-refractivity contribution >= 4 is 43.5 Å². The molecule has 0 radical (unpaired) electrons. The van der Waals surface area contributed by atoms with Crippen LogP contribution in [0, 0.1) is 0 Å². The highest BCUT2D eigenvalue weighted by atomic mass is 16.5. The van der Waals surface area contributed by atoms with Gasteiger partial charge >= 0.3 is 0 Å². The normalized spacial score (nSPS) is 11.6. The highest BCUT2D eigenvalue weighted by molar-refractivity contribution is 6.20. The Kier molecular flexibility index (Phi) is 4.82. The number of hydrogen-bond donors (Lipinski definition) is 0. The number of aromatic nitrogens is 2. The average Bonchev–Trinajstić information content (AvgIpc) is 3.56. The summed E-state index contributed by atoms with van der Waals surface area (Å²) in [5.74, 6) is 1.64. The monoisotopic (exact) mass is 500 g/mol. The van der Waals surface area contributed by atoms with E-state index in [1.807, 2.05) is 36.4 Å². The Morgan fingerprint density at radius 1 is 0.436 bits per heavy atom. The highest BCUT2D eigenvalue weighted by Crippen LogP contribution is 2.39. The largest absolute Gasteiger partial charge is 0.457 e. The van der Waals surface area contributed by atoms with Crippen molar-refractivity contribution in [2.75, 3.05) is 0 Å². The molecule has 0 aliphatic carbocycles. The quantitative estimate of drug-likeness (QED) is 0.235. The molecule has 0 amide bonds. The second-order valence-electron chi connectivity index (χ2n) is 9.88. The van der Waals surface area contributed by atoms with Crippen LogP contribution >= 0.6 is 0 Å². The molecule has 0 atom stereocenters. The summed E-state index contributed by atoms with van der Waals surface area (Å²) in [7, 11) is 0. The van der Waals surface area contributed by atoms with Crippen molar-refractivity contribution in [2.45, 2.75) is 0 Å². The summed E-state index contributed by atoms with van der Waals surface area (Å²) in [5, 5.41) is 6.15. The van der Waals surface area contributed by atoms with Crippen LogP contribution in [-0.4, -0.2) is 9.13 Å². The van der Waals surface area contributed by atoms with Gasteiger partial charge in [-0.25, -0.2) is 0 Å². The number of rotatable bonds is 4. The number of nitrogens with zero attached hydrogens (tertiary/aromatic N) is 2. The minimum Gasteiger partial charge on any atom is -0.457 e. The topological polar surface area (TPSA) is 19.1 Å². The fraction of sp³-hybridized carbons (Fsp3) is 0. The Hall–Kier alpha value is -5.28. The maximum Gasteiger partial charge on any atom is 0.129 e. The third-order valence-corrected chi connectivity index (χ3v) is 7.55. The SMILES string of the molecule is c1ccc(Oc2cccc(-n3c4ccccc4c4ccc5cc6c(ccn6-c6ccccc6)cc5c43)c2)cc1. The van der Waals surface area contributed by atoms with Gasteiger partial charge in [0, 0.05) is 45.2 Å². The van der Waals surface area contributed by atoms with Gasteiger partial charge in [0.1, 0.15) is 11.5 Å². The first-order valence-electron chi connectivity index (χ1n) is 13.2. The van der Waals surface area contributed by atoms with Gasteiger partial charge in [0.15, 0.2) is 0 Å². The smallest absolute Gasteiger partial charge is 0.129 e. The lowest BCUT2D eigenvalue weighted by atomic mass is 10.0. The Balaban J connectivity index is 1.39. The van der Waals surface area contributed by atoms with Crippen molar-refractivity contribution in [2.24, 2.45) is 0 Å². The lowest BCUT2D eigenvalue weighted by molar-refractivity contribution is 0.482. The molecule has 0 saturated carbocycles. The summed E-state index contributed by atoms with van der Waals surface area (Å²) in [4.78, 5) is 0. The molecule has 0 aliphatic rings. The van der Waals surface area contributed by atoms with Gasteiger partial charge in [-0.2, -0.15) is 0 Å². The molecule has 8 rings (SSSR count). The van der Waals surface area contributed by atoms with Gasteiger partial charge in [-0.1, -0.05) is 72.8 Å². The predicted molar refractivity (Wildman–Crippen MR) is 162 cm³/mol. The molecule has 3 nitrogen and oxygen atoms in total. The summed E-state index contributed by atoms with van der Waals surface area (Å²) >= 11 is 0. The average molecular weight is 501 g/mol.